The number of fused-ring (bicyclic) bond motifs is 6. The predicted molar refractivity (Wildman–Crippen MR) is 273 cm³/mol. The van der Waals surface area contributed by atoms with Crippen molar-refractivity contribution in [3.05, 3.63) is 237 Å². The van der Waals surface area contributed by atoms with Crippen LogP contribution in [0.25, 0.3) is 21.9 Å². The summed E-state index contributed by atoms with van der Waals surface area (Å²) in [4.78, 5) is 0. The van der Waals surface area contributed by atoms with Crippen LogP contribution in [0.2, 0.25) is 0 Å². The minimum Gasteiger partial charge on any atom is -0.0789 e. The third kappa shape index (κ3) is 6.22. The third-order valence-corrected chi connectivity index (χ3v) is 15.4. The Morgan fingerprint density at radius 1 is 0.375 bits per heavy atom. The molecule has 0 radical (unpaired) electrons. The van der Waals surface area contributed by atoms with E-state index in [2.05, 4.69) is 253 Å². The van der Waals surface area contributed by atoms with Crippen LogP contribution in [-0.2, 0) is 32.5 Å². The highest BCUT2D eigenvalue weighted by molar-refractivity contribution is 6.08. The van der Waals surface area contributed by atoms with Gasteiger partial charge in [-0.25, -0.2) is 0 Å². The summed E-state index contributed by atoms with van der Waals surface area (Å²) in [6.45, 7) is 27.8. The second kappa shape index (κ2) is 14.4. The number of hydrogen-bond donors (Lipinski definition) is 0. The Balaban J connectivity index is 1.34. The van der Waals surface area contributed by atoms with Gasteiger partial charge in [0.2, 0.25) is 0 Å². The summed E-state index contributed by atoms with van der Waals surface area (Å²) in [5.74, 6) is 0.379. The smallest absolute Gasteiger partial charge is 0.0713 e. The molecule has 0 saturated heterocycles. The maximum atomic E-state index is 2.66. The summed E-state index contributed by atoms with van der Waals surface area (Å²) in [6, 6.07) is 58.0. The van der Waals surface area contributed by atoms with Crippen LogP contribution in [-0.4, -0.2) is 0 Å². The van der Waals surface area contributed by atoms with Gasteiger partial charge in [-0.3, -0.25) is 0 Å². The SMILES string of the molecule is CC(C)(C)c1ccc(C2(c3ccc(C(C)(C)C)cc3)c3ccccc3-c3cc4c(c5cccc2c35)C2C=CC=CC2C4(c2ccc(C(C)(C)C)cc2)c2ccc(C(C)(C)C)cc2)cc1. The number of benzene rings is 7. The standard InChI is InChI=1S/C64H66/c1-59(2,3)41-24-32-45(33-25-41)63(46-34-26-42(27-35-46)60(4,5)6)53-21-15-13-18-49(53)52-40-56-57(51-20-17-23-55(63)58(51)52)50-19-14-16-22-54(50)64(56,47-36-28-43(29-37-47)61(7,8)9)48-38-30-44(31-39-48)62(10,11)12/h13-40,50,54H,1-12H3. The fourth-order valence-electron chi connectivity index (χ4n) is 11.9. The van der Waals surface area contributed by atoms with Gasteiger partial charge < -0.3 is 0 Å². The van der Waals surface area contributed by atoms with E-state index < -0.39 is 10.8 Å². The zero-order valence-electron chi connectivity index (χ0n) is 40.3. The molecule has 7 aromatic carbocycles. The number of hydrogen-bond acceptors (Lipinski definition) is 0. The van der Waals surface area contributed by atoms with E-state index in [1.54, 1.807) is 0 Å². The summed E-state index contributed by atoms with van der Waals surface area (Å²) in [5, 5.41) is 2.75. The van der Waals surface area contributed by atoms with Crippen LogP contribution in [0.4, 0.5) is 0 Å². The maximum absolute atomic E-state index is 2.66. The maximum Gasteiger partial charge on any atom is 0.0713 e. The van der Waals surface area contributed by atoms with Crippen molar-refractivity contribution in [2.24, 2.45) is 5.92 Å². The largest absolute Gasteiger partial charge is 0.0789 e. The molecule has 0 N–H and O–H groups in total. The van der Waals surface area contributed by atoms with Gasteiger partial charge in [-0.05, 0) is 116 Å². The van der Waals surface area contributed by atoms with Crippen molar-refractivity contribution in [1.82, 2.24) is 0 Å². The molecule has 3 aliphatic rings. The van der Waals surface area contributed by atoms with E-state index >= 15 is 0 Å². The van der Waals surface area contributed by atoms with E-state index in [4.69, 9.17) is 0 Å². The first kappa shape index (κ1) is 42.2. The second-order valence-electron chi connectivity index (χ2n) is 23.3. The molecule has 0 spiro atoms. The molecular formula is C64H66. The lowest BCUT2D eigenvalue weighted by Crippen LogP contribution is -2.36. The van der Waals surface area contributed by atoms with E-state index in [-0.39, 0.29) is 33.5 Å². The van der Waals surface area contributed by atoms with Gasteiger partial charge in [0.1, 0.15) is 0 Å². The van der Waals surface area contributed by atoms with Crippen LogP contribution in [0.1, 0.15) is 156 Å². The minimum absolute atomic E-state index is 0.0445. The van der Waals surface area contributed by atoms with E-state index in [1.165, 1.54) is 88.7 Å². The zero-order valence-corrected chi connectivity index (χ0v) is 40.3. The Bertz CT molecular complexity index is 2860. The zero-order chi connectivity index (χ0) is 45.2. The molecule has 0 saturated carbocycles. The van der Waals surface area contributed by atoms with Crippen LogP contribution in [0, 0.1) is 5.92 Å². The van der Waals surface area contributed by atoms with Gasteiger partial charge in [-0.2, -0.15) is 0 Å². The lowest BCUT2D eigenvalue weighted by atomic mass is 9.58. The topological polar surface area (TPSA) is 0 Å². The molecule has 10 rings (SSSR count). The van der Waals surface area contributed by atoms with Crippen LogP contribution < -0.4 is 0 Å². The highest BCUT2D eigenvalue weighted by Crippen LogP contribution is 2.64. The lowest BCUT2D eigenvalue weighted by Gasteiger charge is -2.43. The van der Waals surface area contributed by atoms with E-state index in [0.717, 1.165) is 0 Å². The molecule has 7 aromatic rings. The molecule has 0 aliphatic heterocycles. The molecule has 64 heavy (non-hydrogen) atoms. The Morgan fingerprint density at radius 2 is 0.797 bits per heavy atom. The van der Waals surface area contributed by atoms with Gasteiger partial charge in [0.15, 0.2) is 0 Å². The number of allylic oxidation sites excluding steroid dienone is 4. The van der Waals surface area contributed by atoms with Crippen LogP contribution in [0.3, 0.4) is 0 Å². The fourth-order valence-corrected chi connectivity index (χ4v) is 11.9. The molecule has 0 aromatic heterocycles. The van der Waals surface area contributed by atoms with Crippen molar-refractivity contribution in [2.75, 3.05) is 0 Å². The van der Waals surface area contributed by atoms with Gasteiger partial charge in [-0.15, -0.1) is 0 Å². The lowest BCUT2D eigenvalue weighted by molar-refractivity contribution is 0.456. The number of rotatable bonds is 4. The van der Waals surface area contributed by atoms with E-state index in [1.807, 2.05) is 0 Å². The summed E-state index contributed by atoms with van der Waals surface area (Å²) in [5.41, 5.74) is 18.2. The Kier molecular flexibility index (Phi) is 9.50. The van der Waals surface area contributed by atoms with Crippen LogP contribution >= 0.6 is 0 Å². The molecule has 0 amide bonds. The fraction of sp³-hybridized carbons (Fsp3) is 0.312. The van der Waals surface area contributed by atoms with Crippen molar-refractivity contribution in [2.45, 2.75) is 121 Å². The predicted octanol–water partition coefficient (Wildman–Crippen LogP) is 16.6. The van der Waals surface area contributed by atoms with E-state index in [0.29, 0.717) is 0 Å². The van der Waals surface area contributed by atoms with Gasteiger partial charge in [0, 0.05) is 11.8 Å². The van der Waals surface area contributed by atoms with Gasteiger partial charge >= 0.3 is 0 Å². The average molecular weight is 835 g/mol. The summed E-state index contributed by atoms with van der Waals surface area (Å²) >= 11 is 0. The first-order chi connectivity index (χ1) is 30.3. The average Bonchev–Trinajstić information content (AvgIpc) is 3.57. The molecule has 0 nitrogen and oxygen atoms in total. The quantitative estimate of drug-likeness (QED) is 0.166. The highest BCUT2D eigenvalue weighted by atomic mass is 14.6. The van der Waals surface area contributed by atoms with Crippen LogP contribution in [0.15, 0.2) is 170 Å². The van der Waals surface area contributed by atoms with Crippen molar-refractivity contribution in [1.29, 1.82) is 0 Å². The third-order valence-electron chi connectivity index (χ3n) is 15.4. The van der Waals surface area contributed by atoms with Gasteiger partial charge in [0.05, 0.1) is 10.8 Å². The normalized spacial score (nSPS) is 18.4. The molecule has 0 fully saturated rings. The van der Waals surface area contributed by atoms with E-state index in [9.17, 15) is 0 Å². The molecule has 0 heterocycles. The molecule has 0 heteroatoms. The van der Waals surface area contributed by atoms with Crippen molar-refractivity contribution < 1.29 is 0 Å². The minimum atomic E-state index is -0.548. The summed E-state index contributed by atoms with van der Waals surface area (Å²) in [7, 11) is 0. The molecular weight excluding hydrogens is 769 g/mol. The molecule has 0 bridgehead atoms. The molecule has 322 valence electrons. The Hall–Kier alpha value is -5.72. The van der Waals surface area contributed by atoms with Crippen molar-refractivity contribution in [3.8, 4) is 11.1 Å². The first-order valence-electron chi connectivity index (χ1n) is 23.8. The second-order valence-corrected chi connectivity index (χ2v) is 23.3. The molecule has 2 atom stereocenters. The first-order valence-corrected chi connectivity index (χ1v) is 23.8. The highest BCUT2D eigenvalue weighted by Gasteiger charge is 2.55. The molecule has 3 aliphatic carbocycles. The molecule has 2 unspecified atom stereocenters. The monoisotopic (exact) mass is 835 g/mol. The Labute approximate surface area is 384 Å². The van der Waals surface area contributed by atoms with Gasteiger partial charge in [-0.1, -0.05) is 247 Å². The summed E-state index contributed by atoms with van der Waals surface area (Å²) in [6.07, 6.45) is 9.65. The van der Waals surface area contributed by atoms with Crippen molar-refractivity contribution >= 4 is 10.8 Å². The van der Waals surface area contributed by atoms with Gasteiger partial charge in [0.25, 0.3) is 0 Å². The Morgan fingerprint density at radius 3 is 1.27 bits per heavy atom. The van der Waals surface area contributed by atoms with Crippen molar-refractivity contribution in [3.63, 3.8) is 0 Å². The summed E-state index contributed by atoms with van der Waals surface area (Å²) < 4.78 is 0. The van der Waals surface area contributed by atoms with Crippen LogP contribution in [0.5, 0.6) is 0 Å².